The highest BCUT2D eigenvalue weighted by molar-refractivity contribution is 7.99. The predicted molar refractivity (Wildman–Crippen MR) is 76.9 cm³/mol. The van der Waals surface area contributed by atoms with Gasteiger partial charge in [-0.1, -0.05) is 19.8 Å². The number of thioether (sulfide) groups is 1. The first-order valence-corrected chi connectivity index (χ1v) is 8.08. The average molecular weight is 274 g/mol. The minimum absolute atomic E-state index is 0.0242. The molecule has 5 heteroatoms. The zero-order valence-electron chi connectivity index (χ0n) is 11.6. The van der Waals surface area contributed by atoms with Crippen LogP contribution in [-0.4, -0.2) is 41.3 Å². The Hall–Kier alpha value is -0.420. The number of amides is 2. The molecule has 0 heterocycles. The van der Waals surface area contributed by atoms with Gasteiger partial charge in [-0.3, -0.25) is 0 Å². The molecule has 0 bridgehead atoms. The Morgan fingerprint density at radius 1 is 1.44 bits per heavy atom. The molecule has 0 radical (unpaired) electrons. The van der Waals surface area contributed by atoms with E-state index in [4.69, 9.17) is 0 Å². The van der Waals surface area contributed by atoms with Crippen LogP contribution in [0.15, 0.2) is 0 Å². The van der Waals surface area contributed by atoms with Crippen LogP contribution in [0.4, 0.5) is 4.79 Å². The lowest BCUT2D eigenvalue weighted by Gasteiger charge is -2.30. The molecule has 4 unspecified atom stereocenters. The van der Waals surface area contributed by atoms with Crippen LogP contribution in [0.3, 0.4) is 0 Å². The molecule has 1 rings (SSSR count). The smallest absolute Gasteiger partial charge is 0.315 e. The van der Waals surface area contributed by atoms with Crippen molar-refractivity contribution in [3.63, 3.8) is 0 Å². The normalized spacial score (nSPS) is 27.3. The topological polar surface area (TPSA) is 61.4 Å². The number of nitrogens with one attached hydrogen (secondary N) is 2. The summed E-state index contributed by atoms with van der Waals surface area (Å²) in [6.45, 7) is 4.22. The summed E-state index contributed by atoms with van der Waals surface area (Å²) in [6.07, 6.45) is 6.70. The van der Waals surface area contributed by atoms with Gasteiger partial charge in [-0.25, -0.2) is 4.79 Å². The Morgan fingerprint density at radius 3 is 2.67 bits per heavy atom. The number of hydrogen-bond acceptors (Lipinski definition) is 3. The largest absolute Gasteiger partial charge is 0.395 e. The number of rotatable bonds is 5. The maximum absolute atomic E-state index is 11.9. The van der Waals surface area contributed by atoms with Gasteiger partial charge in [-0.05, 0) is 31.9 Å². The predicted octanol–water partition coefficient (Wildman–Crippen LogP) is 1.98. The van der Waals surface area contributed by atoms with Gasteiger partial charge >= 0.3 is 6.03 Å². The summed E-state index contributed by atoms with van der Waals surface area (Å²) in [5, 5.41) is 15.2. The van der Waals surface area contributed by atoms with E-state index in [1.807, 2.05) is 13.2 Å². The number of aliphatic hydroxyl groups excluding tert-OH is 1. The summed E-state index contributed by atoms with van der Waals surface area (Å²) in [5.74, 6) is 0.564. The fourth-order valence-corrected chi connectivity index (χ4v) is 3.10. The third-order valence-corrected chi connectivity index (χ3v) is 4.99. The minimum atomic E-state index is -0.103. The van der Waals surface area contributed by atoms with Gasteiger partial charge in [0.15, 0.2) is 0 Å². The number of carbonyl (C=O) groups excluding carboxylic acids is 1. The standard InChI is InChI=1S/C13H26N2O2S/c1-9-6-4-5-7-11(9)15-13(17)14-10(2)12(8-16)18-3/h9-12,16H,4-8H2,1-3H3,(H2,14,15,17). The Kier molecular flexibility index (Phi) is 6.86. The van der Waals surface area contributed by atoms with Gasteiger partial charge in [0.2, 0.25) is 0 Å². The molecule has 1 aliphatic rings. The Balaban J connectivity index is 2.36. The van der Waals surface area contributed by atoms with Crippen LogP contribution in [0.25, 0.3) is 0 Å². The summed E-state index contributed by atoms with van der Waals surface area (Å²) in [7, 11) is 0. The summed E-state index contributed by atoms with van der Waals surface area (Å²) in [6, 6.07) is 0.172. The Morgan fingerprint density at radius 2 is 2.11 bits per heavy atom. The monoisotopic (exact) mass is 274 g/mol. The first-order valence-electron chi connectivity index (χ1n) is 6.79. The van der Waals surface area contributed by atoms with Crippen molar-refractivity contribution in [2.75, 3.05) is 12.9 Å². The molecule has 18 heavy (non-hydrogen) atoms. The molecule has 4 nitrogen and oxygen atoms in total. The van der Waals surface area contributed by atoms with Crippen LogP contribution >= 0.6 is 11.8 Å². The van der Waals surface area contributed by atoms with Gasteiger partial charge in [0.05, 0.1) is 6.61 Å². The van der Waals surface area contributed by atoms with Crippen molar-refractivity contribution >= 4 is 17.8 Å². The lowest BCUT2D eigenvalue weighted by atomic mass is 9.86. The van der Waals surface area contributed by atoms with Crippen LogP contribution in [-0.2, 0) is 0 Å². The van der Waals surface area contributed by atoms with E-state index in [0.717, 1.165) is 6.42 Å². The zero-order valence-corrected chi connectivity index (χ0v) is 12.4. The second-order valence-electron chi connectivity index (χ2n) is 5.23. The van der Waals surface area contributed by atoms with Crippen LogP contribution in [0.1, 0.15) is 39.5 Å². The van der Waals surface area contributed by atoms with Crippen molar-refractivity contribution in [3.05, 3.63) is 0 Å². The van der Waals surface area contributed by atoms with Crippen molar-refractivity contribution in [2.45, 2.75) is 56.9 Å². The molecule has 4 atom stereocenters. The molecule has 0 spiro atoms. The van der Waals surface area contributed by atoms with E-state index >= 15 is 0 Å². The molecule has 0 aliphatic heterocycles. The highest BCUT2D eigenvalue weighted by Gasteiger charge is 2.24. The van der Waals surface area contributed by atoms with Gasteiger partial charge in [-0.15, -0.1) is 0 Å². The zero-order chi connectivity index (χ0) is 13.5. The quantitative estimate of drug-likeness (QED) is 0.718. The van der Waals surface area contributed by atoms with Crippen molar-refractivity contribution in [3.8, 4) is 0 Å². The lowest BCUT2D eigenvalue weighted by molar-refractivity contribution is 0.215. The van der Waals surface area contributed by atoms with Crippen LogP contribution < -0.4 is 10.6 Å². The van der Waals surface area contributed by atoms with Crippen LogP contribution in [0.5, 0.6) is 0 Å². The van der Waals surface area contributed by atoms with E-state index in [1.165, 1.54) is 19.3 Å². The number of aliphatic hydroxyl groups is 1. The molecule has 2 amide bonds. The molecule has 0 aromatic rings. The third-order valence-electron chi connectivity index (χ3n) is 3.83. The van der Waals surface area contributed by atoms with E-state index in [9.17, 15) is 9.90 Å². The second kappa shape index (κ2) is 7.89. The van der Waals surface area contributed by atoms with E-state index in [-0.39, 0.29) is 23.9 Å². The summed E-state index contributed by atoms with van der Waals surface area (Å²) in [5.41, 5.74) is 0. The lowest BCUT2D eigenvalue weighted by Crippen LogP contribution is -2.51. The van der Waals surface area contributed by atoms with Crippen molar-refractivity contribution in [1.82, 2.24) is 10.6 Å². The number of hydrogen-bond donors (Lipinski definition) is 3. The average Bonchev–Trinajstić information content (AvgIpc) is 2.33. The van der Waals surface area contributed by atoms with Gasteiger partial charge in [-0.2, -0.15) is 11.8 Å². The molecular formula is C13H26N2O2S. The molecule has 1 saturated carbocycles. The highest BCUT2D eigenvalue weighted by Crippen LogP contribution is 2.23. The van der Waals surface area contributed by atoms with Gasteiger partial charge < -0.3 is 15.7 Å². The molecule has 0 aromatic heterocycles. The molecular weight excluding hydrogens is 248 g/mol. The molecule has 0 saturated heterocycles. The Bertz CT molecular complexity index is 259. The summed E-state index contributed by atoms with van der Waals surface area (Å²) >= 11 is 1.57. The van der Waals surface area contributed by atoms with Crippen molar-refractivity contribution in [2.24, 2.45) is 5.92 Å². The first-order chi connectivity index (χ1) is 8.58. The maximum Gasteiger partial charge on any atom is 0.315 e. The van der Waals surface area contributed by atoms with E-state index in [2.05, 4.69) is 17.6 Å². The third kappa shape index (κ3) is 4.69. The first kappa shape index (κ1) is 15.6. The van der Waals surface area contributed by atoms with E-state index < -0.39 is 0 Å². The van der Waals surface area contributed by atoms with Crippen molar-refractivity contribution in [1.29, 1.82) is 0 Å². The van der Waals surface area contributed by atoms with Crippen molar-refractivity contribution < 1.29 is 9.90 Å². The van der Waals surface area contributed by atoms with E-state index in [1.54, 1.807) is 11.8 Å². The fraction of sp³-hybridized carbons (Fsp3) is 0.923. The molecule has 3 N–H and O–H groups in total. The van der Waals surface area contributed by atoms with Gasteiger partial charge in [0, 0.05) is 17.3 Å². The maximum atomic E-state index is 11.9. The number of urea groups is 1. The van der Waals surface area contributed by atoms with Crippen LogP contribution in [0, 0.1) is 5.92 Å². The van der Waals surface area contributed by atoms with Gasteiger partial charge in [0.1, 0.15) is 0 Å². The van der Waals surface area contributed by atoms with Gasteiger partial charge in [0.25, 0.3) is 0 Å². The highest BCUT2D eigenvalue weighted by atomic mass is 32.2. The summed E-state index contributed by atoms with van der Waals surface area (Å²) < 4.78 is 0. The fourth-order valence-electron chi connectivity index (χ4n) is 2.48. The number of carbonyl (C=O) groups is 1. The van der Waals surface area contributed by atoms with E-state index in [0.29, 0.717) is 12.0 Å². The summed E-state index contributed by atoms with van der Waals surface area (Å²) in [4.78, 5) is 11.9. The van der Waals surface area contributed by atoms with Crippen LogP contribution in [0.2, 0.25) is 0 Å². The molecule has 1 aliphatic carbocycles. The Labute approximate surface area is 114 Å². The minimum Gasteiger partial charge on any atom is -0.395 e. The molecule has 0 aromatic carbocycles. The second-order valence-corrected chi connectivity index (χ2v) is 6.31. The SMILES string of the molecule is CSC(CO)C(C)NC(=O)NC1CCCCC1C. The molecule has 106 valence electrons. The molecule has 1 fully saturated rings.